The summed E-state index contributed by atoms with van der Waals surface area (Å²) in [7, 11) is 1.60. The minimum Gasteiger partial charge on any atom is -0.508 e. The zero-order chi connectivity index (χ0) is 19.5. The Bertz CT molecular complexity index is 1060. The SMILES string of the molecule is COc1ccc(N=c2oc3cc(O)ccc3cc2C(=O)NC2CCCC2)cc1. The second kappa shape index (κ2) is 7.76. The Balaban J connectivity index is 1.80. The molecule has 1 aliphatic rings. The number of carbonyl (C=O) groups excluding carboxylic acids is 1. The van der Waals surface area contributed by atoms with E-state index >= 15 is 0 Å². The summed E-state index contributed by atoms with van der Waals surface area (Å²) in [5.74, 6) is 0.617. The average molecular weight is 378 g/mol. The van der Waals surface area contributed by atoms with Gasteiger partial charge in [0, 0.05) is 17.5 Å². The van der Waals surface area contributed by atoms with Crippen LogP contribution >= 0.6 is 0 Å². The second-order valence-corrected chi connectivity index (χ2v) is 6.95. The van der Waals surface area contributed by atoms with E-state index in [-0.39, 0.29) is 23.3 Å². The van der Waals surface area contributed by atoms with Crippen molar-refractivity contribution < 1.29 is 19.1 Å². The third kappa shape index (κ3) is 3.86. The summed E-state index contributed by atoms with van der Waals surface area (Å²) in [5.41, 5.74) is 1.68. The summed E-state index contributed by atoms with van der Waals surface area (Å²) in [6.07, 6.45) is 4.26. The first kappa shape index (κ1) is 18.1. The summed E-state index contributed by atoms with van der Waals surface area (Å²) in [5, 5.41) is 13.6. The van der Waals surface area contributed by atoms with E-state index in [0.717, 1.165) is 36.8 Å². The lowest BCUT2D eigenvalue weighted by atomic mass is 10.1. The van der Waals surface area contributed by atoms with Gasteiger partial charge in [0.05, 0.1) is 12.8 Å². The number of nitrogens with one attached hydrogen (secondary N) is 1. The predicted octanol–water partition coefficient (Wildman–Crippen LogP) is 4.05. The van der Waals surface area contributed by atoms with Crippen LogP contribution in [0.25, 0.3) is 11.0 Å². The number of hydrogen-bond acceptors (Lipinski definition) is 5. The molecule has 2 aromatic carbocycles. The van der Waals surface area contributed by atoms with E-state index < -0.39 is 0 Å². The Hall–Kier alpha value is -3.28. The highest BCUT2D eigenvalue weighted by molar-refractivity contribution is 5.96. The van der Waals surface area contributed by atoms with E-state index in [0.29, 0.717) is 16.8 Å². The number of rotatable bonds is 4. The van der Waals surface area contributed by atoms with E-state index in [4.69, 9.17) is 9.15 Å². The fourth-order valence-electron chi connectivity index (χ4n) is 3.46. The minimum atomic E-state index is -0.196. The van der Waals surface area contributed by atoms with E-state index in [1.807, 2.05) is 0 Å². The molecular weight excluding hydrogens is 356 g/mol. The first-order chi connectivity index (χ1) is 13.6. The molecule has 6 heteroatoms. The topological polar surface area (TPSA) is 84.1 Å². The van der Waals surface area contributed by atoms with Gasteiger partial charge in [-0.1, -0.05) is 12.8 Å². The lowest BCUT2D eigenvalue weighted by Crippen LogP contribution is -2.35. The van der Waals surface area contributed by atoms with E-state index in [2.05, 4.69) is 10.3 Å². The second-order valence-electron chi connectivity index (χ2n) is 6.95. The lowest BCUT2D eigenvalue weighted by Gasteiger charge is -2.12. The van der Waals surface area contributed by atoms with Gasteiger partial charge in [-0.05, 0) is 55.3 Å². The number of carbonyl (C=O) groups is 1. The van der Waals surface area contributed by atoms with Crippen LogP contribution in [0, 0.1) is 0 Å². The zero-order valence-electron chi connectivity index (χ0n) is 15.6. The first-order valence-corrected chi connectivity index (χ1v) is 9.39. The Morgan fingerprint density at radius 3 is 2.61 bits per heavy atom. The van der Waals surface area contributed by atoms with Crippen LogP contribution in [0.2, 0.25) is 0 Å². The summed E-state index contributed by atoms with van der Waals surface area (Å²) in [6, 6.07) is 13.9. The smallest absolute Gasteiger partial charge is 0.257 e. The van der Waals surface area contributed by atoms with Gasteiger partial charge in [0.1, 0.15) is 22.6 Å². The molecule has 1 amide bonds. The highest BCUT2D eigenvalue weighted by atomic mass is 16.5. The van der Waals surface area contributed by atoms with Crippen molar-refractivity contribution in [2.45, 2.75) is 31.7 Å². The van der Waals surface area contributed by atoms with Crippen molar-refractivity contribution in [1.29, 1.82) is 0 Å². The molecule has 1 aromatic heterocycles. The maximum absolute atomic E-state index is 12.9. The van der Waals surface area contributed by atoms with Crippen LogP contribution < -0.4 is 15.6 Å². The molecule has 144 valence electrons. The number of phenolic OH excluding ortho intramolecular Hbond substituents is 1. The van der Waals surface area contributed by atoms with Gasteiger partial charge in [0.25, 0.3) is 5.91 Å². The molecule has 0 atom stereocenters. The molecule has 3 aromatic rings. The molecule has 2 N–H and O–H groups in total. The Morgan fingerprint density at radius 2 is 1.89 bits per heavy atom. The standard InChI is InChI=1S/C22H22N2O4/c1-27-18-10-7-16(8-11-18)24-22-19(21(26)23-15-4-2-3-5-15)12-14-6-9-17(25)13-20(14)28-22/h6-13,15,25H,2-5H2,1H3,(H,23,26). The van der Waals surface area contributed by atoms with Gasteiger partial charge in [-0.3, -0.25) is 4.79 Å². The molecule has 0 bridgehead atoms. The van der Waals surface area contributed by atoms with Gasteiger partial charge >= 0.3 is 0 Å². The van der Waals surface area contributed by atoms with Crippen LogP contribution in [-0.4, -0.2) is 24.2 Å². The van der Waals surface area contributed by atoms with Crippen LogP contribution in [-0.2, 0) is 0 Å². The van der Waals surface area contributed by atoms with Crippen molar-refractivity contribution in [1.82, 2.24) is 5.32 Å². The Labute approximate surface area is 162 Å². The van der Waals surface area contributed by atoms with Crippen molar-refractivity contribution in [3.8, 4) is 11.5 Å². The van der Waals surface area contributed by atoms with E-state index in [9.17, 15) is 9.90 Å². The van der Waals surface area contributed by atoms with Crippen LogP contribution in [0.4, 0.5) is 5.69 Å². The summed E-state index contributed by atoms with van der Waals surface area (Å²) >= 11 is 0. The number of fused-ring (bicyclic) bond motifs is 1. The van der Waals surface area contributed by atoms with Gasteiger partial charge in [-0.25, -0.2) is 4.99 Å². The average Bonchev–Trinajstić information content (AvgIpc) is 3.21. The van der Waals surface area contributed by atoms with Gasteiger partial charge in [0.2, 0.25) is 5.55 Å². The highest BCUT2D eigenvalue weighted by Crippen LogP contribution is 2.22. The van der Waals surface area contributed by atoms with Gasteiger partial charge in [-0.2, -0.15) is 0 Å². The first-order valence-electron chi connectivity index (χ1n) is 9.39. The van der Waals surface area contributed by atoms with Gasteiger partial charge in [-0.15, -0.1) is 0 Å². The Morgan fingerprint density at radius 1 is 1.14 bits per heavy atom. The summed E-state index contributed by atoms with van der Waals surface area (Å²) < 4.78 is 11.1. The number of amides is 1. The predicted molar refractivity (Wildman–Crippen MR) is 106 cm³/mol. The molecule has 0 spiro atoms. The molecule has 1 aliphatic carbocycles. The Kier molecular flexibility index (Phi) is 5.02. The van der Waals surface area contributed by atoms with Gasteiger partial charge < -0.3 is 19.6 Å². The molecule has 1 fully saturated rings. The highest BCUT2D eigenvalue weighted by Gasteiger charge is 2.20. The largest absolute Gasteiger partial charge is 0.508 e. The molecular formula is C22H22N2O4. The van der Waals surface area contributed by atoms with Crippen molar-refractivity contribution in [3.63, 3.8) is 0 Å². The number of methoxy groups -OCH3 is 1. The normalized spacial score (nSPS) is 15.1. The van der Waals surface area contributed by atoms with Crippen LogP contribution in [0.15, 0.2) is 57.9 Å². The number of hydrogen-bond donors (Lipinski definition) is 2. The number of phenols is 1. The molecule has 0 radical (unpaired) electrons. The molecule has 1 saturated carbocycles. The quantitative estimate of drug-likeness (QED) is 0.717. The van der Waals surface area contributed by atoms with E-state index in [1.54, 1.807) is 49.6 Å². The van der Waals surface area contributed by atoms with Crippen molar-refractivity contribution in [2.24, 2.45) is 4.99 Å². The van der Waals surface area contributed by atoms with Crippen LogP contribution in [0.5, 0.6) is 11.5 Å². The number of benzene rings is 2. The maximum Gasteiger partial charge on any atom is 0.257 e. The monoisotopic (exact) mass is 378 g/mol. The molecule has 0 saturated heterocycles. The van der Waals surface area contributed by atoms with Crippen molar-refractivity contribution in [3.05, 3.63) is 59.6 Å². The van der Waals surface area contributed by atoms with Crippen LogP contribution in [0.3, 0.4) is 0 Å². The fourth-order valence-corrected chi connectivity index (χ4v) is 3.46. The van der Waals surface area contributed by atoms with Crippen molar-refractivity contribution in [2.75, 3.05) is 7.11 Å². The minimum absolute atomic E-state index is 0.0924. The summed E-state index contributed by atoms with van der Waals surface area (Å²) in [6.45, 7) is 0. The van der Waals surface area contributed by atoms with Crippen molar-refractivity contribution >= 4 is 22.6 Å². The van der Waals surface area contributed by atoms with Gasteiger partial charge in [0.15, 0.2) is 0 Å². The molecule has 4 rings (SSSR count). The molecule has 28 heavy (non-hydrogen) atoms. The number of aromatic hydroxyl groups is 1. The molecule has 0 unspecified atom stereocenters. The fraction of sp³-hybridized carbons (Fsp3) is 0.273. The number of ether oxygens (including phenoxy) is 1. The summed E-state index contributed by atoms with van der Waals surface area (Å²) in [4.78, 5) is 17.4. The third-order valence-electron chi connectivity index (χ3n) is 4.97. The molecule has 1 heterocycles. The molecule has 6 nitrogen and oxygen atoms in total. The van der Waals surface area contributed by atoms with E-state index in [1.165, 1.54) is 6.07 Å². The zero-order valence-corrected chi connectivity index (χ0v) is 15.6. The number of nitrogens with zero attached hydrogens (tertiary/aromatic N) is 1. The molecule has 0 aliphatic heterocycles. The lowest BCUT2D eigenvalue weighted by molar-refractivity contribution is 0.0934. The van der Waals surface area contributed by atoms with Crippen LogP contribution in [0.1, 0.15) is 36.0 Å². The third-order valence-corrected chi connectivity index (χ3v) is 4.97. The maximum atomic E-state index is 12.9.